The molecule has 1 aromatic carbocycles. The number of nitrogens with one attached hydrogen (secondary N) is 1. The minimum absolute atomic E-state index is 0.195. The third-order valence-corrected chi connectivity index (χ3v) is 2.81. The van der Waals surface area contributed by atoms with Crippen LogP contribution in [0.3, 0.4) is 0 Å². The zero-order valence-electron chi connectivity index (χ0n) is 9.00. The molecule has 0 fully saturated rings. The number of fused-ring (bicyclic) bond motifs is 1. The lowest BCUT2D eigenvalue weighted by atomic mass is 10.1. The number of rotatable bonds is 3. The van der Waals surface area contributed by atoms with Gasteiger partial charge in [0.05, 0.1) is 6.54 Å². The average Bonchev–Trinajstić information content (AvgIpc) is 2.68. The van der Waals surface area contributed by atoms with Crippen molar-refractivity contribution in [2.24, 2.45) is 0 Å². The van der Waals surface area contributed by atoms with E-state index in [0.29, 0.717) is 22.2 Å². The molecule has 3 nitrogen and oxygen atoms in total. The van der Waals surface area contributed by atoms with E-state index >= 15 is 0 Å². The first-order valence-corrected chi connectivity index (χ1v) is 5.88. The van der Waals surface area contributed by atoms with Crippen LogP contribution in [0.2, 0.25) is 5.02 Å². The smallest absolute Gasteiger partial charge is 0.261 e. The highest BCUT2D eigenvalue weighted by Crippen LogP contribution is 2.31. The Morgan fingerprint density at radius 2 is 2.35 bits per heavy atom. The van der Waals surface area contributed by atoms with Crippen molar-refractivity contribution in [3.8, 4) is 5.75 Å². The van der Waals surface area contributed by atoms with Gasteiger partial charge in [-0.3, -0.25) is 4.79 Å². The van der Waals surface area contributed by atoms with Gasteiger partial charge < -0.3 is 10.1 Å². The summed E-state index contributed by atoms with van der Waals surface area (Å²) in [6, 6.07) is 5.32. The molecule has 1 aromatic rings. The van der Waals surface area contributed by atoms with Crippen molar-refractivity contribution >= 4 is 29.1 Å². The number of amides is 1. The third-order valence-electron chi connectivity index (χ3n) is 2.44. The molecule has 0 aliphatic carbocycles. The van der Waals surface area contributed by atoms with E-state index in [1.165, 1.54) is 0 Å². The van der Waals surface area contributed by atoms with Crippen LogP contribution >= 0.6 is 23.2 Å². The molecule has 0 radical (unpaired) electrons. The lowest BCUT2D eigenvalue weighted by molar-refractivity contribution is -0.127. The molecule has 1 N–H and O–H groups in total. The van der Waals surface area contributed by atoms with Crippen LogP contribution in [-0.4, -0.2) is 18.6 Å². The Kier molecular flexibility index (Phi) is 3.60. The SMILES string of the molecule is C=C(Cl)CNC(=O)C1Cc2cc(Cl)ccc2O1. The molecule has 1 unspecified atom stereocenters. The van der Waals surface area contributed by atoms with Crippen molar-refractivity contribution in [1.29, 1.82) is 0 Å². The summed E-state index contributed by atoms with van der Waals surface area (Å²) in [5.74, 6) is 0.512. The van der Waals surface area contributed by atoms with Crippen molar-refractivity contribution in [2.75, 3.05) is 6.54 Å². The zero-order chi connectivity index (χ0) is 12.4. The van der Waals surface area contributed by atoms with Crippen LogP contribution in [0.1, 0.15) is 5.56 Å². The summed E-state index contributed by atoms with van der Waals surface area (Å²) in [6.45, 7) is 3.74. The number of benzene rings is 1. The Bertz CT molecular complexity index is 474. The molecule has 17 heavy (non-hydrogen) atoms. The normalized spacial score (nSPS) is 17.2. The van der Waals surface area contributed by atoms with Gasteiger partial charge in [0.15, 0.2) is 6.10 Å². The van der Waals surface area contributed by atoms with E-state index in [9.17, 15) is 4.79 Å². The highest BCUT2D eigenvalue weighted by molar-refractivity contribution is 6.30. The van der Waals surface area contributed by atoms with Crippen molar-refractivity contribution in [1.82, 2.24) is 5.32 Å². The molecule has 0 bridgehead atoms. The van der Waals surface area contributed by atoms with Crippen LogP contribution in [-0.2, 0) is 11.2 Å². The predicted molar refractivity (Wildman–Crippen MR) is 67.6 cm³/mol. The predicted octanol–water partition coefficient (Wildman–Crippen LogP) is 2.51. The molecule has 0 aromatic heterocycles. The maximum atomic E-state index is 11.7. The topological polar surface area (TPSA) is 38.3 Å². The van der Waals surface area contributed by atoms with Gasteiger partial charge in [-0.15, -0.1) is 0 Å². The minimum Gasteiger partial charge on any atom is -0.480 e. The number of carbonyl (C=O) groups is 1. The monoisotopic (exact) mass is 271 g/mol. The molecule has 90 valence electrons. The summed E-state index contributed by atoms with van der Waals surface area (Å²) in [6.07, 6.45) is 0.00993. The van der Waals surface area contributed by atoms with Gasteiger partial charge in [-0.05, 0) is 23.8 Å². The summed E-state index contributed by atoms with van der Waals surface area (Å²) in [4.78, 5) is 11.7. The number of carbonyl (C=O) groups excluding carboxylic acids is 1. The van der Waals surface area contributed by atoms with Gasteiger partial charge >= 0.3 is 0 Å². The maximum Gasteiger partial charge on any atom is 0.261 e. The lowest BCUT2D eigenvalue weighted by Gasteiger charge is -2.10. The summed E-state index contributed by atoms with van der Waals surface area (Å²) in [5.41, 5.74) is 0.947. The summed E-state index contributed by atoms with van der Waals surface area (Å²) in [5, 5.41) is 3.67. The molecule has 1 aliphatic heterocycles. The fraction of sp³-hybridized carbons (Fsp3) is 0.250. The van der Waals surface area contributed by atoms with E-state index in [0.717, 1.165) is 5.56 Å². The fourth-order valence-corrected chi connectivity index (χ4v) is 1.92. The van der Waals surface area contributed by atoms with Crippen molar-refractivity contribution < 1.29 is 9.53 Å². The summed E-state index contributed by atoms with van der Waals surface area (Å²) in [7, 11) is 0. The standard InChI is InChI=1S/C12H11Cl2NO2/c1-7(13)6-15-12(16)11-5-8-4-9(14)2-3-10(8)17-11/h2-4,11H,1,5-6H2,(H,15,16). The van der Waals surface area contributed by atoms with E-state index in [-0.39, 0.29) is 12.5 Å². The second-order valence-corrected chi connectivity index (χ2v) is 4.77. The Morgan fingerprint density at radius 1 is 1.59 bits per heavy atom. The molecule has 5 heteroatoms. The van der Waals surface area contributed by atoms with Crippen LogP contribution in [0, 0.1) is 0 Å². The van der Waals surface area contributed by atoms with Crippen LogP contribution in [0.4, 0.5) is 0 Å². The van der Waals surface area contributed by atoms with Crippen LogP contribution in [0.15, 0.2) is 29.8 Å². The summed E-state index contributed by atoms with van der Waals surface area (Å²) >= 11 is 11.4. The van der Waals surface area contributed by atoms with Gasteiger partial charge in [0.2, 0.25) is 0 Å². The third kappa shape index (κ3) is 2.93. The molecule has 1 aliphatic rings. The Labute approximate surface area is 109 Å². The number of hydrogen-bond acceptors (Lipinski definition) is 2. The van der Waals surface area contributed by atoms with Crippen molar-refractivity contribution in [2.45, 2.75) is 12.5 Å². The van der Waals surface area contributed by atoms with E-state index in [1.54, 1.807) is 12.1 Å². The van der Waals surface area contributed by atoms with Gasteiger partial charge in [0.25, 0.3) is 5.91 Å². The molecule has 0 saturated carbocycles. The average molecular weight is 272 g/mol. The van der Waals surface area contributed by atoms with Gasteiger partial charge in [0.1, 0.15) is 5.75 Å². The van der Waals surface area contributed by atoms with Gasteiger partial charge in [-0.2, -0.15) is 0 Å². The van der Waals surface area contributed by atoms with Crippen LogP contribution in [0.5, 0.6) is 5.75 Å². The molecular weight excluding hydrogens is 261 g/mol. The Balaban J connectivity index is 2.00. The highest BCUT2D eigenvalue weighted by Gasteiger charge is 2.28. The Hall–Kier alpha value is -1.19. The molecular formula is C12H11Cl2NO2. The molecule has 1 atom stereocenters. The van der Waals surface area contributed by atoms with E-state index in [2.05, 4.69) is 11.9 Å². The number of halogens is 2. The molecule has 1 amide bonds. The number of hydrogen-bond donors (Lipinski definition) is 1. The fourth-order valence-electron chi connectivity index (χ4n) is 1.66. The zero-order valence-corrected chi connectivity index (χ0v) is 10.5. The van der Waals surface area contributed by atoms with Crippen molar-refractivity contribution in [3.05, 3.63) is 40.4 Å². The Morgan fingerprint density at radius 3 is 3.06 bits per heavy atom. The van der Waals surface area contributed by atoms with Gasteiger partial charge in [-0.1, -0.05) is 29.8 Å². The maximum absolute atomic E-state index is 11.7. The highest BCUT2D eigenvalue weighted by atomic mass is 35.5. The first-order chi connectivity index (χ1) is 8.06. The first kappa shape index (κ1) is 12.3. The largest absolute Gasteiger partial charge is 0.480 e. The number of ether oxygens (including phenoxy) is 1. The lowest BCUT2D eigenvalue weighted by Crippen LogP contribution is -2.37. The first-order valence-electron chi connectivity index (χ1n) is 5.12. The quantitative estimate of drug-likeness (QED) is 0.918. The minimum atomic E-state index is -0.514. The van der Waals surface area contributed by atoms with Gasteiger partial charge in [0, 0.05) is 16.5 Å². The van der Waals surface area contributed by atoms with Crippen molar-refractivity contribution in [3.63, 3.8) is 0 Å². The van der Waals surface area contributed by atoms with E-state index < -0.39 is 6.10 Å². The van der Waals surface area contributed by atoms with Crippen LogP contribution in [0.25, 0.3) is 0 Å². The van der Waals surface area contributed by atoms with Gasteiger partial charge in [-0.25, -0.2) is 0 Å². The van der Waals surface area contributed by atoms with Crippen LogP contribution < -0.4 is 10.1 Å². The molecule has 0 saturated heterocycles. The summed E-state index contributed by atoms with van der Waals surface area (Å²) < 4.78 is 5.51. The second-order valence-electron chi connectivity index (χ2n) is 3.80. The van der Waals surface area contributed by atoms with E-state index in [4.69, 9.17) is 27.9 Å². The molecule has 1 heterocycles. The molecule has 0 spiro atoms. The second kappa shape index (κ2) is 4.98. The van der Waals surface area contributed by atoms with E-state index in [1.807, 2.05) is 6.07 Å². The molecule has 2 rings (SSSR count).